The summed E-state index contributed by atoms with van der Waals surface area (Å²) in [5.74, 6) is -0.0840. The number of nitrogens with zero attached hydrogens (tertiary/aromatic N) is 1. The fraction of sp³-hybridized carbons (Fsp3) is 0.571. The molecule has 1 amide bonds. The van der Waals surface area contributed by atoms with Crippen LogP contribution in [0.5, 0.6) is 0 Å². The number of carbonyl (C=O) groups is 2. The maximum absolute atomic E-state index is 12.1. The number of piperidine rings is 1. The SMILES string of the molecule is COC(=O)C1CCN(C(=O)Cc2c[nH]c(C)c2)CC1. The standard InChI is InChI=1S/C14H20N2O3/c1-10-7-11(9-15-10)8-13(17)16-5-3-12(4-6-16)14(18)19-2/h7,9,12,15H,3-6,8H2,1-2H3. The van der Waals surface area contributed by atoms with Crippen LogP contribution in [0.15, 0.2) is 12.3 Å². The van der Waals surface area contributed by atoms with Gasteiger partial charge in [-0.25, -0.2) is 0 Å². The van der Waals surface area contributed by atoms with Gasteiger partial charge in [0.15, 0.2) is 0 Å². The van der Waals surface area contributed by atoms with E-state index in [9.17, 15) is 9.59 Å². The third kappa shape index (κ3) is 3.36. The van der Waals surface area contributed by atoms with Crippen LogP contribution in [-0.2, 0) is 20.7 Å². The quantitative estimate of drug-likeness (QED) is 0.836. The number of aromatic amines is 1. The van der Waals surface area contributed by atoms with Crippen LogP contribution in [0.1, 0.15) is 24.1 Å². The van der Waals surface area contributed by atoms with Crippen LogP contribution in [0.4, 0.5) is 0 Å². The van der Waals surface area contributed by atoms with Crippen molar-refractivity contribution in [2.24, 2.45) is 5.92 Å². The zero-order valence-electron chi connectivity index (χ0n) is 11.4. The van der Waals surface area contributed by atoms with Gasteiger partial charge in [-0.3, -0.25) is 9.59 Å². The Morgan fingerprint density at radius 3 is 2.63 bits per heavy atom. The van der Waals surface area contributed by atoms with Crippen LogP contribution >= 0.6 is 0 Å². The van der Waals surface area contributed by atoms with Crippen molar-refractivity contribution in [3.63, 3.8) is 0 Å². The monoisotopic (exact) mass is 264 g/mol. The van der Waals surface area contributed by atoms with Gasteiger partial charge < -0.3 is 14.6 Å². The first-order valence-electron chi connectivity index (χ1n) is 6.59. The number of methoxy groups -OCH3 is 1. The van der Waals surface area contributed by atoms with E-state index in [1.165, 1.54) is 7.11 Å². The van der Waals surface area contributed by atoms with Gasteiger partial charge >= 0.3 is 5.97 Å². The molecule has 104 valence electrons. The lowest BCUT2D eigenvalue weighted by atomic mass is 9.96. The molecule has 19 heavy (non-hydrogen) atoms. The van der Waals surface area contributed by atoms with Crippen LogP contribution in [0, 0.1) is 12.8 Å². The molecular formula is C14H20N2O3. The Labute approximate surface area is 112 Å². The first-order valence-corrected chi connectivity index (χ1v) is 6.59. The van der Waals surface area contributed by atoms with Gasteiger partial charge in [0, 0.05) is 25.0 Å². The summed E-state index contributed by atoms with van der Waals surface area (Å²) >= 11 is 0. The van der Waals surface area contributed by atoms with Crippen molar-refractivity contribution < 1.29 is 14.3 Å². The Hall–Kier alpha value is -1.78. The molecule has 0 bridgehead atoms. The highest BCUT2D eigenvalue weighted by Gasteiger charge is 2.27. The second-order valence-corrected chi connectivity index (χ2v) is 5.05. The van der Waals surface area contributed by atoms with Gasteiger partial charge in [0.1, 0.15) is 0 Å². The highest BCUT2D eigenvalue weighted by molar-refractivity contribution is 5.79. The molecule has 5 nitrogen and oxygen atoms in total. The Kier molecular flexibility index (Phi) is 4.24. The van der Waals surface area contributed by atoms with Gasteiger partial charge in [0.05, 0.1) is 19.4 Å². The lowest BCUT2D eigenvalue weighted by Crippen LogP contribution is -2.41. The molecule has 1 aromatic rings. The summed E-state index contributed by atoms with van der Waals surface area (Å²) in [6.07, 6.45) is 3.69. The van der Waals surface area contributed by atoms with E-state index in [1.54, 1.807) is 0 Å². The first-order chi connectivity index (χ1) is 9.10. The number of amides is 1. The van der Waals surface area contributed by atoms with Crippen molar-refractivity contribution in [1.29, 1.82) is 0 Å². The minimum absolute atomic E-state index is 0.0523. The van der Waals surface area contributed by atoms with Crippen molar-refractivity contribution >= 4 is 11.9 Å². The maximum Gasteiger partial charge on any atom is 0.308 e. The minimum atomic E-state index is -0.159. The van der Waals surface area contributed by atoms with Crippen LogP contribution in [0.25, 0.3) is 0 Å². The molecule has 0 aliphatic carbocycles. The molecule has 5 heteroatoms. The van der Waals surface area contributed by atoms with Gasteiger partial charge in [-0.2, -0.15) is 0 Å². The molecule has 2 heterocycles. The van der Waals surface area contributed by atoms with Gasteiger partial charge in [-0.15, -0.1) is 0 Å². The molecule has 1 fully saturated rings. The molecular weight excluding hydrogens is 244 g/mol. The molecule has 0 spiro atoms. The van der Waals surface area contributed by atoms with Gasteiger partial charge in [0.25, 0.3) is 0 Å². The predicted molar refractivity (Wildman–Crippen MR) is 70.6 cm³/mol. The zero-order chi connectivity index (χ0) is 13.8. The molecule has 0 radical (unpaired) electrons. The summed E-state index contributed by atoms with van der Waals surface area (Å²) in [7, 11) is 1.41. The molecule has 0 atom stereocenters. The number of aryl methyl sites for hydroxylation is 1. The molecule has 1 aliphatic heterocycles. The lowest BCUT2D eigenvalue weighted by Gasteiger charge is -2.30. The Morgan fingerprint density at radius 2 is 2.11 bits per heavy atom. The third-order valence-corrected chi connectivity index (χ3v) is 3.62. The molecule has 1 aliphatic rings. The number of H-pyrrole nitrogens is 1. The summed E-state index contributed by atoms with van der Waals surface area (Å²) in [5.41, 5.74) is 2.07. The van der Waals surface area contributed by atoms with Gasteiger partial charge in [-0.1, -0.05) is 0 Å². The summed E-state index contributed by atoms with van der Waals surface area (Å²) in [6, 6.07) is 1.99. The lowest BCUT2D eigenvalue weighted by molar-refractivity contribution is -0.148. The van der Waals surface area contributed by atoms with Crippen LogP contribution < -0.4 is 0 Å². The highest BCUT2D eigenvalue weighted by atomic mass is 16.5. The summed E-state index contributed by atoms with van der Waals surface area (Å²) in [6.45, 7) is 3.25. The van der Waals surface area contributed by atoms with E-state index < -0.39 is 0 Å². The average Bonchev–Trinajstić information content (AvgIpc) is 2.83. The normalized spacial score (nSPS) is 16.4. The topological polar surface area (TPSA) is 62.4 Å². The molecule has 2 rings (SSSR count). The van der Waals surface area contributed by atoms with E-state index in [-0.39, 0.29) is 17.8 Å². The van der Waals surface area contributed by atoms with Gasteiger partial charge in [0.2, 0.25) is 5.91 Å². The minimum Gasteiger partial charge on any atom is -0.469 e. The van der Waals surface area contributed by atoms with Gasteiger partial charge in [-0.05, 0) is 31.4 Å². The molecule has 0 saturated carbocycles. The van der Waals surface area contributed by atoms with Crippen molar-refractivity contribution in [3.8, 4) is 0 Å². The Morgan fingerprint density at radius 1 is 1.42 bits per heavy atom. The number of hydrogen-bond donors (Lipinski definition) is 1. The van der Waals surface area contributed by atoms with Crippen molar-refractivity contribution in [2.45, 2.75) is 26.2 Å². The van der Waals surface area contributed by atoms with Crippen LogP contribution in [0.2, 0.25) is 0 Å². The second-order valence-electron chi connectivity index (χ2n) is 5.05. The third-order valence-electron chi connectivity index (χ3n) is 3.62. The number of likely N-dealkylation sites (tertiary alicyclic amines) is 1. The molecule has 1 N–H and O–H groups in total. The van der Waals surface area contributed by atoms with E-state index in [0.29, 0.717) is 32.4 Å². The molecule has 1 saturated heterocycles. The number of carbonyl (C=O) groups excluding carboxylic acids is 2. The van der Waals surface area contributed by atoms with E-state index >= 15 is 0 Å². The van der Waals surface area contributed by atoms with Crippen molar-refractivity contribution in [1.82, 2.24) is 9.88 Å². The highest BCUT2D eigenvalue weighted by Crippen LogP contribution is 2.19. The largest absolute Gasteiger partial charge is 0.469 e. The fourth-order valence-corrected chi connectivity index (χ4v) is 2.49. The van der Waals surface area contributed by atoms with Crippen molar-refractivity contribution in [3.05, 3.63) is 23.5 Å². The number of rotatable bonds is 3. The van der Waals surface area contributed by atoms with Crippen LogP contribution in [-0.4, -0.2) is 42.0 Å². The van der Waals surface area contributed by atoms with E-state index in [1.807, 2.05) is 24.1 Å². The summed E-state index contributed by atoms with van der Waals surface area (Å²) < 4.78 is 4.74. The predicted octanol–water partition coefficient (Wildman–Crippen LogP) is 1.28. The number of aromatic nitrogens is 1. The number of nitrogens with one attached hydrogen (secondary N) is 1. The zero-order valence-corrected chi connectivity index (χ0v) is 11.4. The van der Waals surface area contributed by atoms with Crippen molar-refractivity contribution in [2.75, 3.05) is 20.2 Å². The summed E-state index contributed by atoms with van der Waals surface area (Å²) in [4.78, 5) is 28.4. The molecule has 0 aromatic carbocycles. The summed E-state index contributed by atoms with van der Waals surface area (Å²) in [5, 5.41) is 0. The fourth-order valence-electron chi connectivity index (χ4n) is 2.49. The maximum atomic E-state index is 12.1. The number of ether oxygens (including phenoxy) is 1. The Balaban J connectivity index is 1.84. The van der Waals surface area contributed by atoms with E-state index in [0.717, 1.165) is 11.3 Å². The first kappa shape index (κ1) is 13.6. The Bertz CT molecular complexity index is 459. The van der Waals surface area contributed by atoms with E-state index in [2.05, 4.69) is 4.98 Å². The van der Waals surface area contributed by atoms with Crippen LogP contribution in [0.3, 0.4) is 0 Å². The average molecular weight is 264 g/mol. The molecule has 0 unspecified atom stereocenters. The number of hydrogen-bond acceptors (Lipinski definition) is 3. The van der Waals surface area contributed by atoms with E-state index in [4.69, 9.17) is 4.74 Å². The second kappa shape index (κ2) is 5.91. The molecule has 1 aromatic heterocycles. The smallest absolute Gasteiger partial charge is 0.308 e. The number of esters is 1.